The fourth-order valence-electron chi connectivity index (χ4n) is 2.06. The summed E-state index contributed by atoms with van der Waals surface area (Å²) in [6, 6.07) is 13.7. The molecule has 0 saturated heterocycles. The molecule has 0 saturated carbocycles. The van der Waals surface area contributed by atoms with Gasteiger partial charge >= 0.3 is 17.8 Å². The van der Waals surface area contributed by atoms with Crippen molar-refractivity contribution < 1.29 is 19.1 Å². The number of methoxy groups -OCH3 is 1. The highest BCUT2D eigenvalue weighted by Gasteiger charge is 2.14. The molecule has 0 heterocycles. The van der Waals surface area contributed by atoms with Crippen LogP contribution in [0.4, 0.5) is 5.69 Å². The van der Waals surface area contributed by atoms with Crippen LogP contribution in [0, 0.1) is 6.92 Å². The Labute approximate surface area is 139 Å². The van der Waals surface area contributed by atoms with E-state index in [1.807, 2.05) is 31.2 Å². The first-order valence-corrected chi connectivity index (χ1v) is 7.33. The third kappa shape index (κ3) is 4.42. The molecule has 0 bridgehead atoms. The van der Waals surface area contributed by atoms with Gasteiger partial charge in [0, 0.05) is 12.2 Å². The van der Waals surface area contributed by atoms with Crippen molar-refractivity contribution in [2.45, 2.75) is 13.5 Å². The van der Waals surface area contributed by atoms with E-state index in [9.17, 15) is 14.4 Å². The molecule has 0 unspecified atom stereocenters. The molecule has 0 atom stereocenters. The summed E-state index contributed by atoms with van der Waals surface area (Å²) in [5.74, 6) is -1.96. The van der Waals surface area contributed by atoms with Gasteiger partial charge in [0.2, 0.25) is 0 Å². The van der Waals surface area contributed by atoms with Gasteiger partial charge in [-0.15, -0.1) is 0 Å². The summed E-state index contributed by atoms with van der Waals surface area (Å²) in [6.45, 7) is 2.21. The number of hydrogen-bond donors (Lipinski definition) is 2. The van der Waals surface area contributed by atoms with Crippen molar-refractivity contribution in [3.05, 3.63) is 65.2 Å². The molecule has 6 nitrogen and oxygen atoms in total. The molecule has 2 aromatic rings. The van der Waals surface area contributed by atoms with Crippen LogP contribution in [0.2, 0.25) is 0 Å². The number of esters is 1. The number of carbonyl (C=O) groups excluding carboxylic acids is 3. The van der Waals surface area contributed by atoms with E-state index < -0.39 is 17.8 Å². The highest BCUT2D eigenvalue weighted by atomic mass is 16.5. The number of benzene rings is 2. The topological polar surface area (TPSA) is 84.5 Å². The zero-order chi connectivity index (χ0) is 17.5. The first-order valence-electron chi connectivity index (χ1n) is 7.33. The molecule has 2 aromatic carbocycles. The zero-order valence-electron chi connectivity index (χ0n) is 13.5. The van der Waals surface area contributed by atoms with Gasteiger partial charge in [-0.05, 0) is 42.3 Å². The van der Waals surface area contributed by atoms with Gasteiger partial charge in [-0.1, -0.05) is 24.3 Å². The quantitative estimate of drug-likeness (QED) is 0.665. The van der Waals surface area contributed by atoms with Gasteiger partial charge in [0.15, 0.2) is 0 Å². The Kier molecular flexibility index (Phi) is 5.68. The van der Waals surface area contributed by atoms with Crippen LogP contribution in [0.5, 0.6) is 0 Å². The lowest BCUT2D eigenvalue weighted by molar-refractivity contribution is -0.136. The second-order valence-electron chi connectivity index (χ2n) is 5.13. The lowest BCUT2D eigenvalue weighted by Gasteiger charge is -2.08. The van der Waals surface area contributed by atoms with Crippen LogP contribution in [0.3, 0.4) is 0 Å². The van der Waals surface area contributed by atoms with Crippen molar-refractivity contribution in [2.75, 3.05) is 12.4 Å². The maximum atomic E-state index is 11.9. The average molecular weight is 326 g/mol. The molecule has 24 heavy (non-hydrogen) atoms. The second kappa shape index (κ2) is 7.92. The first kappa shape index (κ1) is 17.2. The molecule has 0 aromatic heterocycles. The summed E-state index contributed by atoms with van der Waals surface area (Å²) in [5.41, 5.74) is 2.76. The summed E-state index contributed by atoms with van der Waals surface area (Å²) < 4.78 is 4.59. The largest absolute Gasteiger partial charge is 0.465 e. The minimum absolute atomic E-state index is 0.278. The van der Waals surface area contributed by atoms with Gasteiger partial charge in [0.25, 0.3) is 0 Å². The monoisotopic (exact) mass is 326 g/mol. The predicted molar refractivity (Wildman–Crippen MR) is 89.4 cm³/mol. The maximum Gasteiger partial charge on any atom is 0.337 e. The standard InChI is InChI=1S/C18H18N2O4/c1-12-5-3-4-6-14(12)11-19-16(21)17(22)20-15-9-7-13(8-10-15)18(23)24-2/h3-10H,11H2,1-2H3,(H,19,21)(H,20,22). The number of aryl methyl sites for hydroxylation is 1. The number of ether oxygens (including phenoxy) is 1. The van der Waals surface area contributed by atoms with Crippen molar-refractivity contribution in [1.82, 2.24) is 5.32 Å². The normalized spacial score (nSPS) is 9.92. The third-order valence-corrected chi connectivity index (χ3v) is 3.47. The van der Waals surface area contributed by atoms with Gasteiger partial charge in [0.05, 0.1) is 12.7 Å². The Morgan fingerprint density at radius 1 is 0.958 bits per heavy atom. The van der Waals surface area contributed by atoms with Gasteiger partial charge in [-0.25, -0.2) is 4.79 Å². The average Bonchev–Trinajstić information content (AvgIpc) is 2.60. The Morgan fingerprint density at radius 3 is 2.25 bits per heavy atom. The molecular weight excluding hydrogens is 308 g/mol. The van der Waals surface area contributed by atoms with Gasteiger partial charge in [-0.2, -0.15) is 0 Å². The minimum Gasteiger partial charge on any atom is -0.465 e. The third-order valence-electron chi connectivity index (χ3n) is 3.47. The molecule has 0 fully saturated rings. The van der Waals surface area contributed by atoms with Gasteiger partial charge < -0.3 is 15.4 Å². The Balaban J connectivity index is 1.91. The van der Waals surface area contributed by atoms with E-state index in [0.29, 0.717) is 11.3 Å². The Morgan fingerprint density at radius 2 is 1.62 bits per heavy atom. The summed E-state index contributed by atoms with van der Waals surface area (Å²) in [7, 11) is 1.29. The molecule has 2 amide bonds. The van der Waals surface area contributed by atoms with Crippen LogP contribution >= 0.6 is 0 Å². The summed E-state index contributed by atoms with van der Waals surface area (Å²) >= 11 is 0. The molecule has 0 aliphatic heterocycles. The summed E-state index contributed by atoms with van der Waals surface area (Å²) in [5, 5.41) is 5.05. The molecule has 0 aliphatic rings. The number of hydrogen-bond acceptors (Lipinski definition) is 4. The predicted octanol–water partition coefficient (Wildman–Crippen LogP) is 2.04. The fourth-order valence-corrected chi connectivity index (χ4v) is 2.06. The van der Waals surface area contributed by atoms with Crippen molar-refractivity contribution >= 4 is 23.5 Å². The van der Waals surface area contributed by atoms with Crippen molar-refractivity contribution in [3.8, 4) is 0 Å². The molecule has 6 heteroatoms. The van der Waals surface area contributed by atoms with Gasteiger partial charge in [0.1, 0.15) is 0 Å². The number of anilines is 1. The van der Waals surface area contributed by atoms with Crippen LogP contribution in [0.25, 0.3) is 0 Å². The van der Waals surface area contributed by atoms with E-state index >= 15 is 0 Å². The van der Waals surface area contributed by atoms with E-state index in [1.54, 1.807) is 0 Å². The van der Waals surface area contributed by atoms with E-state index in [0.717, 1.165) is 11.1 Å². The molecular formula is C18H18N2O4. The van der Waals surface area contributed by atoms with Crippen molar-refractivity contribution in [2.24, 2.45) is 0 Å². The highest BCUT2D eigenvalue weighted by Crippen LogP contribution is 2.10. The maximum absolute atomic E-state index is 11.9. The Hall–Kier alpha value is -3.15. The number of amides is 2. The lowest BCUT2D eigenvalue weighted by Crippen LogP contribution is -2.35. The number of nitrogens with one attached hydrogen (secondary N) is 2. The van der Waals surface area contributed by atoms with Crippen molar-refractivity contribution in [3.63, 3.8) is 0 Å². The van der Waals surface area contributed by atoms with E-state index in [-0.39, 0.29) is 6.54 Å². The highest BCUT2D eigenvalue weighted by molar-refractivity contribution is 6.39. The molecule has 0 spiro atoms. The van der Waals surface area contributed by atoms with Crippen molar-refractivity contribution in [1.29, 1.82) is 0 Å². The minimum atomic E-state index is -0.769. The van der Waals surface area contributed by atoms with Crippen LogP contribution in [-0.4, -0.2) is 24.9 Å². The lowest BCUT2D eigenvalue weighted by atomic mass is 10.1. The molecule has 0 radical (unpaired) electrons. The van der Waals surface area contributed by atoms with Crippen LogP contribution in [-0.2, 0) is 20.9 Å². The zero-order valence-corrected chi connectivity index (χ0v) is 13.5. The number of carbonyl (C=O) groups is 3. The van der Waals surface area contributed by atoms with E-state index in [4.69, 9.17) is 0 Å². The smallest absolute Gasteiger partial charge is 0.337 e. The van der Waals surface area contributed by atoms with E-state index in [2.05, 4.69) is 15.4 Å². The molecule has 2 N–H and O–H groups in total. The van der Waals surface area contributed by atoms with E-state index in [1.165, 1.54) is 31.4 Å². The second-order valence-corrected chi connectivity index (χ2v) is 5.13. The first-order chi connectivity index (χ1) is 11.5. The number of rotatable bonds is 4. The fraction of sp³-hybridized carbons (Fsp3) is 0.167. The Bertz CT molecular complexity index is 754. The van der Waals surface area contributed by atoms with Crippen LogP contribution in [0.15, 0.2) is 48.5 Å². The van der Waals surface area contributed by atoms with Gasteiger partial charge in [-0.3, -0.25) is 9.59 Å². The molecule has 124 valence electrons. The molecule has 2 rings (SSSR count). The summed E-state index contributed by atoms with van der Waals surface area (Å²) in [6.07, 6.45) is 0. The van der Waals surface area contributed by atoms with Crippen LogP contribution < -0.4 is 10.6 Å². The van der Waals surface area contributed by atoms with Crippen LogP contribution in [0.1, 0.15) is 21.5 Å². The summed E-state index contributed by atoms with van der Waals surface area (Å²) in [4.78, 5) is 35.1. The molecule has 0 aliphatic carbocycles. The SMILES string of the molecule is COC(=O)c1ccc(NC(=O)C(=O)NCc2ccccc2C)cc1.